The van der Waals surface area contributed by atoms with E-state index in [4.69, 9.17) is 15.2 Å². The number of fused-ring (bicyclic) bond motifs is 1. The van der Waals surface area contributed by atoms with Crippen LogP contribution in [0.3, 0.4) is 0 Å². The van der Waals surface area contributed by atoms with Crippen molar-refractivity contribution in [2.24, 2.45) is 5.73 Å². The second-order valence-corrected chi connectivity index (χ2v) is 7.17. The third-order valence-corrected chi connectivity index (χ3v) is 5.00. The molecule has 0 saturated heterocycles. The molecule has 2 heterocycles. The average molecular weight is 424 g/mol. The summed E-state index contributed by atoms with van der Waals surface area (Å²) in [5.74, 6) is -2.02. The lowest BCUT2D eigenvalue weighted by atomic mass is 10.0. The van der Waals surface area contributed by atoms with Crippen molar-refractivity contribution in [3.63, 3.8) is 0 Å². The van der Waals surface area contributed by atoms with Gasteiger partial charge in [0.1, 0.15) is 11.6 Å². The zero-order chi connectivity index (χ0) is 22.1. The standard InChI is InChI=1S/C23H18F2N2O4/c1-12-21-16(19(28)5-7-30-21)11-18(25)22(12)31-20-10-14(4-6-27-20)8-13-2-3-15(23(26)29)17(24)9-13/h2-4,6,9-11H,5,7-8H2,1H3,(H2,26,29). The maximum Gasteiger partial charge on any atom is 0.251 e. The normalized spacial score (nSPS) is 12.8. The van der Waals surface area contributed by atoms with Crippen molar-refractivity contribution >= 4 is 11.7 Å². The molecule has 8 heteroatoms. The fraction of sp³-hybridized carbons (Fsp3) is 0.174. The van der Waals surface area contributed by atoms with Crippen LogP contribution in [-0.2, 0) is 6.42 Å². The Hall–Kier alpha value is -3.81. The highest BCUT2D eigenvalue weighted by atomic mass is 19.1. The number of rotatable bonds is 5. The Kier molecular flexibility index (Phi) is 5.37. The Morgan fingerprint density at radius 1 is 1.16 bits per heavy atom. The summed E-state index contributed by atoms with van der Waals surface area (Å²) in [4.78, 5) is 27.3. The SMILES string of the molecule is Cc1c(Oc2cc(Cc3ccc(C(N)=O)c(F)c3)ccn2)c(F)cc2c1OCCC2=O. The van der Waals surface area contributed by atoms with E-state index in [9.17, 15) is 18.4 Å². The first kappa shape index (κ1) is 20.5. The molecule has 3 aromatic rings. The Morgan fingerprint density at radius 3 is 2.68 bits per heavy atom. The summed E-state index contributed by atoms with van der Waals surface area (Å²) in [7, 11) is 0. The van der Waals surface area contributed by atoms with Crippen LogP contribution in [-0.4, -0.2) is 23.3 Å². The van der Waals surface area contributed by atoms with Crippen molar-refractivity contribution in [1.82, 2.24) is 4.98 Å². The minimum atomic E-state index is -0.836. The number of benzene rings is 2. The summed E-state index contributed by atoms with van der Waals surface area (Å²) < 4.78 is 39.9. The number of aromatic nitrogens is 1. The van der Waals surface area contributed by atoms with E-state index in [1.165, 1.54) is 18.3 Å². The van der Waals surface area contributed by atoms with Gasteiger partial charge in [-0.3, -0.25) is 9.59 Å². The Balaban J connectivity index is 1.59. The zero-order valence-corrected chi connectivity index (χ0v) is 16.6. The van der Waals surface area contributed by atoms with E-state index in [1.54, 1.807) is 25.1 Å². The van der Waals surface area contributed by atoms with Gasteiger partial charge in [0, 0.05) is 24.2 Å². The molecular weight excluding hydrogens is 406 g/mol. The number of amides is 1. The molecule has 0 aliphatic carbocycles. The van der Waals surface area contributed by atoms with E-state index in [0.717, 1.165) is 11.6 Å². The Bertz CT molecular complexity index is 1210. The number of halogens is 2. The molecular formula is C23H18F2N2O4. The van der Waals surface area contributed by atoms with Gasteiger partial charge in [0.05, 0.1) is 17.7 Å². The van der Waals surface area contributed by atoms with E-state index in [1.807, 2.05) is 0 Å². The average Bonchev–Trinajstić information content (AvgIpc) is 2.72. The number of carbonyl (C=O) groups is 2. The van der Waals surface area contributed by atoms with Gasteiger partial charge >= 0.3 is 0 Å². The molecule has 4 rings (SSSR count). The molecule has 2 aromatic carbocycles. The van der Waals surface area contributed by atoms with Crippen molar-refractivity contribution in [3.8, 4) is 17.4 Å². The largest absolute Gasteiger partial charge is 0.492 e. The summed E-state index contributed by atoms with van der Waals surface area (Å²) in [5, 5.41) is 0. The minimum Gasteiger partial charge on any atom is -0.492 e. The number of carbonyl (C=O) groups excluding carboxylic acids is 2. The quantitative estimate of drug-likeness (QED) is 0.665. The van der Waals surface area contributed by atoms with Gasteiger partial charge in [-0.15, -0.1) is 0 Å². The summed E-state index contributed by atoms with van der Waals surface area (Å²) in [5.41, 5.74) is 6.87. The number of nitrogens with two attached hydrogens (primary N) is 1. The number of pyridine rings is 1. The van der Waals surface area contributed by atoms with Crippen LogP contribution in [0.5, 0.6) is 17.4 Å². The Morgan fingerprint density at radius 2 is 1.94 bits per heavy atom. The van der Waals surface area contributed by atoms with Crippen molar-refractivity contribution in [2.45, 2.75) is 19.8 Å². The fourth-order valence-corrected chi connectivity index (χ4v) is 3.47. The van der Waals surface area contributed by atoms with Gasteiger partial charge in [0.25, 0.3) is 5.91 Å². The van der Waals surface area contributed by atoms with Crippen LogP contribution < -0.4 is 15.2 Å². The molecule has 1 amide bonds. The lowest BCUT2D eigenvalue weighted by molar-refractivity contribution is 0.0930. The van der Waals surface area contributed by atoms with Crippen LogP contribution >= 0.6 is 0 Å². The van der Waals surface area contributed by atoms with Crippen LogP contribution in [0.2, 0.25) is 0 Å². The summed E-state index contributed by atoms with van der Waals surface area (Å²) in [6.07, 6.45) is 2.03. The van der Waals surface area contributed by atoms with E-state index < -0.39 is 17.5 Å². The molecule has 1 aliphatic heterocycles. The Labute approximate surface area is 176 Å². The molecule has 31 heavy (non-hydrogen) atoms. The van der Waals surface area contributed by atoms with Gasteiger partial charge < -0.3 is 15.2 Å². The third-order valence-electron chi connectivity index (χ3n) is 5.00. The number of Topliss-reactive ketones (excluding diaryl/α,β-unsaturated/α-hetero) is 1. The molecule has 0 unspecified atom stereocenters. The molecule has 2 N–H and O–H groups in total. The molecule has 0 radical (unpaired) electrons. The van der Waals surface area contributed by atoms with Crippen LogP contribution in [0.15, 0.2) is 42.6 Å². The second kappa shape index (κ2) is 8.14. The number of ether oxygens (including phenoxy) is 2. The first-order chi connectivity index (χ1) is 14.8. The van der Waals surface area contributed by atoms with Gasteiger partial charge in [-0.25, -0.2) is 13.8 Å². The summed E-state index contributed by atoms with van der Waals surface area (Å²) in [6.45, 7) is 1.85. The van der Waals surface area contributed by atoms with Gasteiger partial charge in [-0.05, 0) is 48.7 Å². The fourth-order valence-electron chi connectivity index (χ4n) is 3.47. The number of hydrogen-bond acceptors (Lipinski definition) is 5. The molecule has 1 aliphatic rings. The van der Waals surface area contributed by atoms with Gasteiger partial charge in [0.2, 0.25) is 5.88 Å². The lowest BCUT2D eigenvalue weighted by Gasteiger charge is -2.20. The van der Waals surface area contributed by atoms with Crippen molar-refractivity contribution in [1.29, 1.82) is 0 Å². The topological polar surface area (TPSA) is 91.5 Å². The minimum absolute atomic E-state index is 0.0741. The molecule has 0 saturated carbocycles. The highest BCUT2D eigenvalue weighted by Crippen LogP contribution is 2.38. The maximum atomic E-state index is 14.7. The van der Waals surface area contributed by atoms with E-state index in [2.05, 4.69) is 4.98 Å². The number of primary amides is 1. The van der Waals surface area contributed by atoms with Crippen LogP contribution in [0.25, 0.3) is 0 Å². The predicted octanol–water partition coefficient (Wildman–Crippen LogP) is 4.12. The van der Waals surface area contributed by atoms with Gasteiger partial charge in [-0.1, -0.05) is 6.07 Å². The number of ketones is 1. The van der Waals surface area contributed by atoms with Crippen molar-refractivity contribution in [3.05, 3.63) is 82.0 Å². The van der Waals surface area contributed by atoms with Gasteiger partial charge in [0.15, 0.2) is 17.3 Å². The summed E-state index contributed by atoms with van der Waals surface area (Å²) in [6, 6.07) is 8.61. The lowest BCUT2D eigenvalue weighted by Crippen LogP contribution is -2.17. The molecule has 0 bridgehead atoms. The summed E-state index contributed by atoms with van der Waals surface area (Å²) >= 11 is 0. The van der Waals surface area contributed by atoms with Crippen molar-refractivity contribution < 1.29 is 27.8 Å². The van der Waals surface area contributed by atoms with Crippen LogP contribution in [0, 0.1) is 18.6 Å². The van der Waals surface area contributed by atoms with Gasteiger partial charge in [-0.2, -0.15) is 0 Å². The molecule has 0 spiro atoms. The predicted molar refractivity (Wildman–Crippen MR) is 108 cm³/mol. The maximum absolute atomic E-state index is 14.7. The van der Waals surface area contributed by atoms with E-state index in [0.29, 0.717) is 23.3 Å². The van der Waals surface area contributed by atoms with E-state index in [-0.39, 0.29) is 41.6 Å². The number of hydrogen-bond donors (Lipinski definition) is 1. The highest BCUT2D eigenvalue weighted by molar-refractivity contribution is 6.00. The van der Waals surface area contributed by atoms with Crippen LogP contribution in [0.1, 0.15) is 43.8 Å². The smallest absolute Gasteiger partial charge is 0.251 e. The van der Waals surface area contributed by atoms with E-state index >= 15 is 0 Å². The monoisotopic (exact) mass is 424 g/mol. The molecule has 1 aromatic heterocycles. The molecule has 158 valence electrons. The van der Waals surface area contributed by atoms with Crippen molar-refractivity contribution in [2.75, 3.05) is 6.61 Å². The zero-order valence-electron chi connectivity index (χ0n) is 16.6. The molecule has 6 nitrogen and oxygen atoms in total. The molecule has 0 atom stereocenters. The second-order valence-electron chi connectivity index (χ2n) is 7.17. The number of nitrogens with zero attached hydrogens (tertiary/aromatic N) is 1. The molecule has 0 fully saturated rings. The van der Waals surface area contributed by atoms with Crippen LogP contribution in [0.4, 0.5) is 8.78 Å². The first-order valence-electron chi connectivity index (χ1n) is 9.53. The first-order valence-corrected chi connectivity index (χ1v) is 9.53. The highest BCUT2D eigenvalue weighted by Gasteiger charge is 2.26. The third kappa shape index (κ3) is 4.09.